The van der Waals surface area contributed by atoms with E-state index in [9.17, 15) is 4.79 Å². The first-order chi connectivity index (χ1) is 11.4. The molecule has 1 fully saturated rings. The smallest absolute Gasteiger partial charge is 0.244 e. The first-order valence-electron chi connectivity index (χ1n) is 8.11. The molecule has 0 radical (unpaired) electrons. The van der Waals surface area contributed by atoms with Crippen molar-refractivity contribution in [3.05, 3.63) is 29.0 Å². The molecule has 3 rings (SSSR count). The van der Waals surface area contributed by atoms with E-state index < -0.39 is 5.54 Å². The summed E-state index contributed by atoms with van der Waals surface area (Å²) >= 11 is 6.31. The van der Waals surface area contributed by atoms with E-state index in [0.29, 0.717) is 28.7 Å². The fraction of sp³-hybridized carbons (Fsp3) is 0.500. The van der Waals surface area contributed by atoms with Gasteiger partial charge < -0.3 is 11.1 Å². The van der Waals surface area contributed by atoms with Crippen LogP contribution in [0.4, 0.5) is 5.69 Å². The summed E-state index contributed by atoms with van der Waals surface area (Å²) < 4.78 is 1.64. The van der Waals surface area contributed by atoms with E-state index in [4.69, 9.17) is 17.3 Å². The summed E-state index contributed by atoms with van der Waals surface area (Å²) in [5.41, 5.74) is 6.43. The molecule has 1 aromatic carbocycles. The van der Waals surface area contributed by atoms with Gasteiger partial charge in [-0.15, -0.1) is 17.5 Å². The van der Waals surface area contributed by atoms with Gasteiger partial charge in [-0.1, -0.05) is 24.9 Å². The number of hydrogen-bond donors (Lipinski definition) is 2. The van der Waals surface area contributed by atoms with Crippen molar-refractivity contribution in [3.63, 3.8) is 0 Å². The second-order valence-corrected chi connectivity index (χ2v) is 6.92. The molecule has 1 atom stereocenters. The SMILES string of the molecule is CCCC(C)(N)C(=O)Nc1ccc(Cl)c(-n2nnnc2C2CC2)c1.Cl. The summed E-state index contributed by atoms with van der Waals surface area (Å²) in [6.07, 6.45) is 3.60. The molecule has 1 saturated carbocycles. The number of tetrazole rings is 1. The van der Waals surface area contributed by atoms with Gasteiger partial charge in [0, 0.05) is 11.6 Å². The Hall–Kier alpha value is -1.70. The highest BCUT2D eigenvalue weighted by Gasteiger charge is 2.31. The predicted molar refractivity (Wildman–Crippen MR) is 99.5 cm³/mol. The van der Waals surface area contributed by atoms with Crippen molar-refractivity contribution in [2.45, 2.75) is 51.0 Å². The predicted octanol–water partition coefficient (Wildman–Crippen LogP) is 3.07. The van der Waals surface area contributed by atoms with E-state index >= 15 is 0 Å². The maximum atomic E-state index is 12.4. The molecular formula is C16H22Cl2N6O. The van der Waals surface area contributed by atoms with Gasteiger partial charge in [0.1, 0.15) is 0 Å². The molecule has 2 aromatic rings. The Kier molecular flexibility index (Phi) is 6.03. The van der Waals surface area contributed by atoms with E-state index in [1.54, 1.807) is 29.8 Å². The number of rotatable bonds is 6. The summed E-state index contributed by atoms with van der Waals surface area (Å²) in [4.78, 5) is 12.4. The largest absolute Gasteiger partial charge is 0.324 e. The molecule has 3 N–H and O–H groups in total. The lowest BCUT2D eigenvalue weighted by Crippen LogP contribution is -2.48. The van der Waals surface area contributed by atoms with E-state index in [0.717, 1.165) is 25.1 Å². The third kappa shape index (κ3) is 4.29. The van der Waals surface area contributed by atoms with E-state index in [-0.39, 0.29) is 18.3 Å². The van der Waals surface area contributed by atoms with Crippen LogP contribution in [-0.2, 0) is 4.79 Å². The van der Waals surface area contributed by atoms with Crippen LogP contribution in [-0.4, -0.2) is 31.7 Å². The van der Waals surface area contributed by atoms with Crippen LogP contribution >= 0.6 is 24.0 Å². The zero-order valence-corrected chi connectivity index (χ0v) is 15.8. The van der Waals surface area contributed by atoms with Crippen molar-refractivity contribution in [1.82, 2.24) is 20.2 Å². The van der Waals surface area contributed by atoms with Crippen LogP contribution in [0.5, 0.6) is 0 Å². The van der Waals surface area contributed by atoms with Crippen LogP contribution in [0.1, 0.15) is 51.3 Å². The number of nitrogens with zero attached hydrogens (tertiary/aromatic N) is 4. The second kappa shape index (κ2) is 7.68. The first kappa shape index (κ1) is 19.6. The summed E-state index contributed by atoms with van der Waals surface area (Å²) in [7, 11) is 0. The van der Waals surface area contributed by atoms with Gasteiger partial charge in [-0.05, 0) is 54.8 Å². The minimum Gasteiger partial charge on any atom is -0.324 e. The average Bonchev–Trinajstić information content (AvgIpc) is 3.26. The number of carbonyl (C=O) groups is 1. The molecule has 1 aromatic heterocycles. The average molecular weight is 385 g/mol. The fourth-order valence-electron chi connectivity index (χ4n) is 2.62. The zero-order valence-electron chi connectivity index (χ0n) is 14.2. The molecule has 9 heteroatoms. The third-order valence-electron chi connectivity index (χ3n) is 4.16. The van der Waals surface area contributed by atoms with Crippen LogP contribution in [0, 0.1) is 0 Å². The van der Waals surface area contributed by atoms with Gasteiger partial charge in [0.25, 0.3) is 0 Å². The van der Waals surface area contributed by atoms with Gasteiger partial charge in [0.05, 0.1) is 16.2 Å². The van der Waals surface area contributed by atoms with Crippen molar-refractivity contribution >= 4 is 35.6 Å². The fourth-order valence-corrected chi connectivity index (χ4v) is 2.82. The molecule has 25 heavy (non-hydrogen) atoms. The Morgan fingerprint density at radius 1 is 1.48 bits per heavy atom. The minimum atomic E-state index is -0.914. The van der Waals surface area contributed by atoms with Crippen molar-refractivity contribution in [2.75, 3.05) is 5.32 Å². The minimum absolute atomic E-state index is 0. The summed E-state index contributed by atoms with van der Waals surface area (Å²) in [5.74, 6) is 0.956. The number of carbonyl (C=O) groups excluding carboxylic acids is 1. The highest BCUT2D eigenvalue weighted by atomic mass is 35.5. The van der Waals surface area contributed by atoms with Gasteiger partial charge in [0.15, 0.2) is 5.82 Å². The van der Waals surface area contributed by atoms with Crippen molar-refractivity contribution in [1.29, 1.82) is 0 Å². The Morgan fingerprint density at radius 3 is 2.84 bits per heavy atom. The number of anilines is 1. The second-order valence-electron chi connectivity index (χ2n) is 6.51. The Morgan fingerprint density at radius 2 is 2.20 bits per heavy atom. The molecule has 1 aliphatic carbocycles. The van der Waals surface area contributed by atoms with Crippen molar-refractivity contribution < 1.29 is 4.79 Å². The number of halogens is 2. The number of hydrogen-bond acceptors (Lipinski definition) is 5. The lowest BCUT2D eigenvalue weighted by atomic mass is 9.96. The van der Waals surface area contributed by atoms with E-state index in [1.165, 1.54) is 0 Å². The Balaban J connectivity index is 0.00000225. The van der Waals surface area contributed by atoms with Crippen molar-refractivity contribution in [3.8, 4) is 5.69 Å². The summed E-state index contributed by atoms with van der Waals surface area (Å²) in [5, 5.41) is 15.3. The van der Waals surface area contributed by atoms with Crippen LogP contribution in [0.3, 0.4) is 0 Å². The van der Waals surface area contributed by atoms with Gasteiger partial charge in [-0.2, -0.15) is 4.68 Å². The van der Waals surface area contributed by atoms with E-state index in [1.807, 2.05) is 6.92 Å². The number of aromatic nitrogens is 4. The molecule has 1 heterocycles. The molecule has 7 nitrogen and oxygen atoms in total. The highest BCUT2D eigenvalue weighted by Crippen LogP contribution is 2.40. The lowest BCUT2D eigenvalue weighted by Gasteiger charge is -2.23. The maximum Gasteiger partial charge on any atom is 0.244 e. The molecule has 1 aliphatic rings. The molecule has 0 aliphatic heterocycles. The number of nitrogens with one attached hydrogen (secondary N) is 1. The quantitative estimate of drug-likeness (QED) is 0.796. The van der Waals surface area contributed by atoms with Gasteiger partial charge in [-0.25, -0.2) is 0 Å². The lowest BCUT2D eigenvalue weighted by molar-refractivity contribution is -0.120. The van der Waals surface area contributed by atoms with Crippen LogP contribution in [0.2, 0.25) is 5.02 Å². The molecule has 1 unspecified atom stereocenters. The monoisotopic (exact) mass is 384 g/mol. The van der Waals surface area contributed by atoms with Crippen molar-refractivity contribution in [2.24, 2.45) is 5.73 Å². The normalized spacial score (nSPS) is 16.0. The summed E-state index contributed by atoms with van der Waals surface area (Å²) in [6.45, 7) is 3.73. The molecule has 1 amide bonds. The number of amides is 1. The van der Waals surface area contributed by atoms with Gasteiger partial charge in [-0.3, -0.25) is 4.79 Å². The Labute approximate surface area is 157 Å². The first-order valence-corrected chi connectivity index (χ1v) is 8.48. The van der Waals surface area contributed by atoms with Gasteiger partial charge >= 0.3 is 0 Å². The van der Waals surface area contributed by atoms with E-state index in [2.05, 4.69) is 20.8 Å². The molecular weight excluding hydrogens is 363 g/mol. The third-order valence-corrected chi connectivity index (χ3v) is 4.48. The number of benzene rings is 1. The molecule has 0 bridgehead atoms. The van der Waals surface area contributed by atoms with Crippen LogP contribution in [0.25, 0.3) is 5.69 Å². The maximum absolute atomic E-state index is 12.4. The zero-order chi connectivity index (χ0) is 17.3. The van der Waals surface area contributed by atoms with Gasteiger partial charge in [0.2, 0.25) is 5.91 Å². The Bertz CT molecular complexity index is 757. The standard InChI is InChI=1S/C16H21ClN6O.ClH/c1-3-8-16(2,18)15(24)19-11-6-7-12(17)13(9-11)23-14(10-4-5-10)20-21-22-23;/h6-7,9-10H,3-5,8,18H2,1-2H3,(H,19,24);1H. The molecule has 0 spiro atoms. The number of nitrogens with two attached hydrogens (primary N) is 1. The molecule has 136 valence electrons. The highest BCUT2D eigenvalue weighted by molar-refractivity contribution is 6.32. The summed E-state index contributed by atoms with van der Waals surface area (Å²) in [6, 6.07) is 5.23. The molecule has 0 saturated heterocycles. The van der Waals surface area contributed by atoms with Crippen LogP contribution < -0.4 is 11.1 Å². The van der Waals surface area contributed by atoms with Crippen LogP contribution in [0.15, 0.2) is 18.2 Å². The topological polar surface area (TPSA) is 98.7 Å².